The van der Waals surface area contributed by atoms with Crippen molar-refractivity contribution in [2.45, 2.75) is 32.7 Å². The highest BCUT2D eigenvalue weighted by atomic mass is 16.5. The van der Waals surface area contributed by atoms with Crippen LogP contribution in [0.4, 0.5) is 4.79 Å². The average Bonchev–Trinajstić information content (AvgIpc) is 2.82. The first kappa shape index (κ1) is 15.1. The number of urea groups is 1. The van der Waals surface area contributed by atoms with Gasteiger partial charge >= 0.3 is 6.03 Å². The summed E-state index contributed by atoms with van der Waals surface area (Å²) in [5, 5.41) is 3.24. The Morgan fingerprint density at radius 3 is 2.67 bits per heavy atom. The van der Waals surface area contributed by atoms with Gasteiger partial charge in [0.1, 0.15) is 0 Å². The second kappa shape index (κ2) is 5.76. The molecule has 0 radical (unpaired) electrons. The van der Waals surface area contributed by atoms with Gasteiger partial charge in [0, 0.05) is 39.3 Å². The van der Waals surface area contributed by atoms with Gasteiger partial charge in [0.2, 0.25) is 0 Å². The first-order valence-electron chi connectivity index (χ1n) is 8.29. The number of likely N-dealkylation sites (tertiary alicyclic amines) is 2. The van der Waals surface area contributed by atoms with Gasteiger partial charge in [-0.3, -0.25) is 4.90 Å². The van der Waals surface area contributed by atoms with E-state index in [9.17, 15) is 4.79 Å². The van der Waals surface area contributed by atoms with Gasteiger partial charge in [-0.1, -0.05) is 13.8 Å². The number of methoxy groups -OCH3 is 1. The molecule has 21 heavy (non-hydrogen) atoms. The zero-order valence-corrected chi connectivity index (χ0v) is 13.6. The van der Waals surface area contributed by atoms with E-state index in [2.05, 4.69) is 24.1 Å². The maximum atomic E-state index is 12.4. The molecule has 1 saturated carbocycles. The smallest absolute Gasteiger partial charge is 0.317 e. The zero-order chi connectivity index (χ0) is 15.0. The number of amides is 2. The van der Waals surface area contributed by atoms with E-state index < -0.39 is 0 Å². The van der Waals surface area contributed by atoms with E-state index in [-0.39, 0.29) is 6.03 Å². The van der Waals surface area contributed by atoms with Crippen LogP contribution in [0.1, 0.15) is 26.7 Å². The highest BCUT2D eigenvalue weighted by molar-refractivity contribution is 5.75. The third kappa shape index (κ3) is 3.04. The molecule has 3 aliphatic rings. The Morgan fingerprint density at radius 2 is 2.00 bits per heavy atom. The Morgan fingerprint density at radius 1 is 1.29 bits per heavy atom. The van der Waals surface area contributed by atoms with Crippen LogP contribution >= 0.6 is 0 Å². The van der Waals surface area contributed by atoms with Crippen molar-refractivity contribution in [3.8, 4) is 0 Å². The van der Waals surface area contributed by atoms with Gasteiger partial charge in [-0.05, 0) is 36.6 Å². The lowest BCUT2D eigenvalue weighted by Gasteiger charge is -2.34. The number of nitrogens with zero attached hydrogens (tertiary/aromatic N) is 2. The maximum Gasteiger partial charge on any atom is 0.317 e. The molecule has 0 bridgehead atoms. The van der Waals surface area contributed by atoms with Gasteiger partial charge < -0.3 is 15.0 Å². The third-order valence-electron chi connectivity index (χ3n) is 5.85. The van der Waals surface area contributed by atoms with Crippen LogP contribution in [0.3, 0.4) is 0 Å². The van der Waals surface area contributed by atoms with Crippen molar-refractivity contribution in [3.63, 3.8) is 0 Å². The molecule has 2 aliphatic heterocycles. The van der Waals surface area contributed by atoms with Crippen LogP contribution in [0.5, 0.6) is 0 Å². The van der Waals surface area contributed by atoms with Gasteiger partial charge in [-0.25, -0.2) is 4.79 Å². The zero-order valence-electron chi connectivity index (χ0n) is 13.6. The highest BCUT2D eigenvalue weighted by Crippen LogP contribution is 2.61. The summed E-state index contributed by atoms with van der Waals surface area (Å²) in [6, 6.07) is 0.449. The van der Waals surface area contributed by atoms with Crippen molar-refractivity contribution in [3.05, 3.63) is 0 Å². The van der Waals surface area contributed by atoms with Crippen molar-refractivity contribution in [1.82, 2.24) is 15.1 Å². The molecule has 0 spiro atoms. The van der Waals surface area contributed by atoms with Gasteiger partial charge in [-0.15, -0.1) is 0 Å². The standard InChI is InChI=1S/C16H29N3O2/c1-16(2)13-10-19(11-14(13)16)15(20)17-12-5-4-6-18(9-12)7-8-21-3/h12-14H,4-11H2,1-3H3,(H,17,20)/t12-,13-,14-/m0/s1. The van der Waals surface area contributed by atoms with E-state index >= 15 is 0 Å². The lowest BCUT2D eigenvalue weighted by molar-refractivity contribution is 0.121. The largest absolute Gasteiger partial charge is 0.383 e. The molecule has 1 N–H and O–H groups in total. The molecule has 0 aromatic carbocycles. The molecule has 2 amide bonds. The van der Waals surface area contributed by atoms with Gasteiger partial charge in [0.05, 0.1) is 6.61 Å². The Labute approximate surface area is 128 Å². The van der Waals surface area contributed by atoms with Crippen LogP contribution in [0, 0.1) is 17.3 Å². The van der Waals surface area contributed by atoms with Gasteiger partial charge in [0.15, 0.2) is 0 Å². The van der Waals surface area contributed by atoms with E-state index in [0.717, 1.165) is 64.0 Å². The van der Waals surface area contributed by atoms with Crippen molar-refractivity contribution in [2.75, 3.05) is 46.4 Å². The highest BCUT2D eigenvalue weighted by Gasteiger charge is 2.62. The molecule has 1 aliphatic carbocycles. The molecule has 5 nitrogen and oxygen atoms in total. The van der Waals surface area contributed by atoms with Crippen molar-refractivity contribution < 1.29 is 9.53 Å². The molecule has 5 heteroatoms. The maximum absolute atomic E-state index is 12.4. The second-order valence-corrected chi connectivity index (χ2v) is 7.52. The van der Waals surface area contributed by atoms with Crippen LogP contribution in [0.15, 0.2) is 0 Å². The molecule has 0 unspecified atom stereocenters. The summed E-state index contributed by atoms with van der Waals surface area (Å²) in [4.78, 5) is 16.8. The molecule has 3 fully saturated rings. The summed E-state index contributed by atoms with van der Waals surface area (Å²) >= 11 is 0. The van der Waals surface area contributed by atoms with E-state index in [4.69, 9.17) is 4.74 Å². The Balaban J connectivity index is 1.43. The SMILES string of the molecule is COCCN1CCC[C@H](NC(=O)N2C[C@H]3[C@H](C2)C3(C)C)C1. The Bertz CT molecular complexity index is 385. The lowest BCUT2D eigenvalue weighted by atomic mass is 10.1. The number of carbonyl (C=O) groups excluding carboxylic acids is 1. The summed E-state index contributed by atoms with van der Waals surface area (Å²) in [6.45, 7) is 10.4. The molecular formula is C16H29N3O2. The summed E-state index contributed by atoms with van der Waals surface area (Å²) in [6.07, 6.45) is 2.26. The minimum Gasteiger partial charge on any atom is -0.383 e. The fraction of sp³-hybridized carbons (Fsp3) is 0.938. The van der Waals surface area contributed by atoms with Crippen LogP contribution in [0.25, 0.3) is 0 Å². The monoisotopic (exact) mass is 295 g/mol. The lowest BCUT2D eigenvalue weighted by Crippen LogP contribution is -2.52. The molecule has 0 aromatic rings. The van der Waals surface area contributed by atoms with E-state index in [0.29, 0.717) is 11.5 Å². The Hall–Kier alpha value is -0.810. The third-order valence-corrected chi connectivity index (χ3v) is 5.85. The topological polar surface area (TPSA) is 44.8 Å². The molecule has 3 atom stereocenters. The van der Waals surface area contributed by atoms with E-state index in [1.54, 1.807) is 7.11 Å². The fourth-order valence-corrected chi connectivity index (χ4v) is 4.16. The number of ether oxygens (including phenoxy) is 1. The first-order valence-corrected chi connectivity index (χ1v) is 8.29. The quantitative estimate of drug-likeness (QED) is 0.852. The first-order chi connectivity index (χ1) is 10.0. The summed E-state index contributed by atoms with van der Waals surface area (Å²) in [7, 11) is 1.74. The summed E-state index contributed by atoms with van der Waals surface area (Å²) in [5.74, 6) is 1.46. The van der Waals surface area contributed by atoms with Gasteiger partial charge in [0.25, 0.3) is 0 Å². The summed E-state index contributed by atoms with van der Waals surface area (Å²) < 4.78 is 5.14. The molecular weight excluding hydrogens is 266 g/mol. The molecule has 2 saturated heterocycles. The number of rotatable bonds is 4. The minimum absolute atomic E-state index is 0.150. The molecule has 3 rings (SSSR count). The molecule has 0 aromatic heterocycles. The number of hydrogen-bond donors (Lipinski definition) is 1. The van der Waals surface area contributed by atoms with Gasteiger partial charge in [-0.2, -0.15) is 0 Å². The van der Waals surface area contributed by atoms with Crippen molar-refractivity contribution in [2.24, 2.45) is 17.3 Å². The van der Waals surface area contributed by atoms with Crippen molar-refractivity contribution >= 4 is 6.03 Å². The van der Waals surface area contributed by atoms with E-state index in [1.807, 2.05) is 4.90 Å². The normalized spacial score (nSPS) is 34.6. The van der Waals surface area contributed by atoms with Crippen LogP contribution in [0.2, 0.25) is 0 Å². The number of fused-ring (bicyclic) bond motifs is 1. The van der Waals surface area contributed by atoms with Crippen molar-refractivity contribution in [1.29, 1.82) is 0 Å². The minimum atomic E-state index is 0.150. The summed E-state index contributed by atoms with van der Waals surface area (Å²) in [5.41, 5.74) is 0.471. The molecule has 120 valence electrons. The Kier molecular flexibility index (Phi) is 4.14. The fourth-order valence-electron chi connectivity index (χ4n) is 4.16. The number of carbonyl (C=O) groups is 1. The number of piperidine rings is 2. The number of nitrogens with one attached hydrogen (secondary N) is 1. The predicted molar refractivity (Wildman–Crippen MR) is 82.2 cm³/mol. The average molecular weight is 295 g/mol. The molecule has 2 heterocycles. The predicted octanol–water partition coefficient (Wildman–Crippen LogP) is 1.39. The van der Waals surface area contributed by atoms with Crippen LogP contribution in [-0.2, 0) is 4.74 Å². The van der Waals surface area contributed by atoms with Crippen LogP contribution in [-0.4, -0.2) is 68.3 Å². The second-order valence-electron chi connectivity index (χ2n) is 7.52. The van der Waals surface area contributed by atoms with E-state index in [1.165, 1.54) is 0 Å². The number of hydrogen-bond acceptors (Lipinski definition) is 3. The van der Waals surface area contributed by atoms with Crippen LogP contribution < -0.4 is 5.32 Å².